The minimum Gasteiger partial charge on any atom is -0.361 e. The maximum Gasteiger partial charge on any atom is 0.251 e. The number of benzene rings is 1. The van der Waals surface area contributed by atoms with Crippen molar-refractivity contribution < 1.29 is 4.79 Å². The van der Waals surface area contributed by atoms with Crippen molar-refractivity contribution in [1.29, 1.82) is 0 Å². The quantitative estimate of drug-likeness (QED) is 0.862. The average molecular weight is 242 g/mol. The molecule has 1 amide bonds. The lowest BCUT2D eigenvalue weighted by Gasteiger charge is -2.05. The van der Waals surface area contributed by atoms with Crippen LogP contribution < -0.4 is 10.7 Å². The first kappa shape index (κ1) is 12.1. The number of H-pyrrole nitrogens is 1. The molecule has 0 saturated carbocycles. The Morgan fingerprint density at radius 3 is 2.83 bits per heavy atom. The van der Waals surface area contributed by atoms with Gasteiger partial charge in [0.15, 0.2) is 5.43 Å². The number of hydrogen-bond donors (Lipinski definition) is 2. The van der Waals surface area contributed by atoms with Crippen LogP contribution in [0.2, 0.25) is 0 Å². The van der Waals surface area contributed by atoms with Gasteiger partial charge in [0.05, 0.1) is 0 Å². The van der Waals surface area contributed by atoms with E-state index in [-0.39, 0.29) is 11.3 Å². The molecule has 2 rings (SSSR count). The van der Waals surface area contributed by atoms with Gasteiger partial charge in [0, 0.05) is 36.1 Å². The number of amides is 1. The van der Waals surface area contributed by atoms with Crippen LogP contribution in [0.15, 0.2) is 47.4 Å². The van der Waals surface area contributed by atoms with Gasteiger partial charge >= 0.3 is 0 Å². The highest BCUT2D eigenvalue weighted by atomic mass is 16.1. The summed E-state index contributed by atoms with van der Waals surface area (Å²) < 4.78 is 0. The van der Waals surface area contributed by atoms with E-state index in [1.807, 2.05) is 13.0 Å². The van der Waals surface area contributed by atoms with E-state index in [4.69, 9.17) is 0 Å². The third-order valence-electron chi connectivity index (χ3n) is 2.55. The van der Waals surface area contributed by atoms with Crippen molar-refractivity contribution in [2.75, 3.05) is 6.54 Å². The van der Waals surface area contributed by atoms with Crippen molar-refractivity contribution in [2.24, 2.45) is 0 Å². The molecule has 0 unspecified atom stereocenters. The molecule has 92 valence electrons. The molecular formula is C14H14N2O2. The summed E-state index contributed by atoms with van der Waals surface area (Å²) in [6.45, 7) is 2.46. The molecule has 1 aromatic heterocycles. The van der Waals surface area contributed by atoms with Gasteiger partial charge in [-0.15, -0.1) is 0 Å². The Bertz CT molecular complexity index is 617. The lowest BCUT2D eigenvalue weighted by molar-refractivity contribution is 0.0956. The summed E-state index contributed by atoms with van der Waals surface area (Å²) in [5.41, 5.74) is 2.04. The van der Waals surface area contributed by atoms with E-state index < -0.39 is 0 Å². The highest BCUT2D eigenvalue weighted by Gasteiger charge is 2.06. The molecule has 18 heavy (non-hydrogen) atoms. The van der Waals surface area contributed by atoms with Crippen LogP contribution in [0.4, 0.5) is 0 Å². The molecular weight excluding hydrogens is 228 g/mol. The Morgan fingerprint density at radius 2 is 2.11 bits per heavy atom. The molecule has 1 heterocycles. The Morgan fingerprint density at radius 1 is 1.28 bits per heavy atom. The van der Waals surface area contributed by atoms with Crippen LogP contribution in [0.3, 0.4) is 0 Å². The Labute approximate surface area is 105 Å². The summed E-state index contributed by atoms with van der Waals surface area (Å²) in [4.78, 5) is 26.0. The first-order valence-corrected chi connectivity index (χ1v) is 5.78. The van der Waals surface area contributed by atoms with Gasteiger partial charge in [0.2, 0.25) is 0 Å². The number of nitrogens with one attached hydrogen (secondary N) is 2. The van der Waals surface area contributed by atoms with Gasteiger partial charge in [-0.1, -0.05) is 12.1 Å². The highest BCUT2D eigenvalue weighted by Crippen LogP contribution is 2.16. The first-order valence-electron chi connectivity index (χ1n) is 5.78. The fourth-order valence-corrected chi connectivity index (χ4v) is 1.70. The topological polar surface area (TPSA) is 62.0 Å². The predicted octanol–water partition coefficient (Wildman–Crippen LogP) is 1.79. The molecule has 0 fully saturated rings. The Balaban J connectivity index is 2.38. The van der Waals surface area contributed by atoms with E-state index >= 15 is 0 Å². The number of hydrogen-bond acceptors (Lipinski definition) is 2. The van der Waals surface area contributed by atoms with Gasteiger partial charge in [-0.3, -0.25) is 9.59 Å². The largest absolute Gasteiger partial charge is 0.361 e. The summed E-state index contributed by atoms with van der Waals surface area (Å²) in [6, 6.07) is 10.1. The minimum absolute atomic E-state index is 0.0628. The molecule has 0 aliphatic rings. The van der Waals surface area contributed by atoms with Crippen molar-refractivity contribution in [3.63, 3.8) is 0 Å². The number of carbonyl (C=O) groups is 1. The monoisotopic (exact) mass is 242 g/mol. The molecule has 0 aliphatic carbocycles. The maximum absolute atomic E-state index is 11.7. The summed E-state index contributed by atoms with van der Waals surface area (Å²) >= 11 is 0. The van der Waals surface area contributed by atoms with Gasteiger partial charge < -0.3 is 10.3 Å². The number of rotatable bonds is 3. The number of aromatic nitrogens is 1. The summed E-state index contributed by atoms with van der Waals surface area (Å²) in [5.74, 6) is -0.113. The van der Waals surface area contributed by atoms with Gasteiger partial charge in [-0.25, -0.2) is 0 Å². The third-order valence-corrected chi connectivity index (χ3v) is 2.55. The highest BCUT2D eigenvalue weighted by molar-refractivity contribution is 5.95. The van der Waals surface area contributed by atoms with E-state index in [9.17, 15) is 9.59 Å². The zero-order chi connectivity index (χ0) is 13.0. The van der Waals surface area contributed by atoms with E-state index in [1.165, 1.54) is 12.1 Å². The van der Waals surface area contributed by atoms with Crippen molar-refractivity contribution >= 4 is 5.91 Å². The van der Waals surface area contributed by atoms with Crippen molar-refractivity contribution in [1.82, 2.24) is 10.3 Å². The van der Waals surface area contributed by atoms with E-state index in [1.54, 1.807) is 24.4 Å². The number of aromatic amines is 1. The summed E-state index contributed by atoms with van der Waals surface area (Å²) in [6.07, 6.45) is 1.59. The normalized spacial score (nSPS) is 10.1. The Kier molecular flexibility index (Phi) is 3.57. The number of pyridine rings is 1. The second-order valence-corrected chi connectivity index (χ2v) is 3.88. The second kappa shape index (κ2) is 5.31. The van der Waals surface area contributed by atoms with Crippen molar-refractivity contribution in [3.05, 3.63) is 58.4 Å². The van der Waals surface area contributed by atoms with Crippen molar-refractivity contribution in [3.8, 4) is 11.3 Å². The van der Waals surface area contributed by atoms with Gasteiger partial charge in [0.25, 0.3) is 5.91 Å². The molecule has 4 nitrogen and oxygen atoms in total. The van der Waals surface area contributed by atoms with Crippen LogP contribution in [-0.4, -0.2) is 17.4 Å². The zero-order valence-electron chi connectivity index (χ0n) is 10.1. The van der Waals surface area contributed by atoms with E-state index in [2.05, 4.69) is 10.3 Å². The molecule has 1 aromatic carbocycles. The predicted molar refractivity (Wildman–Crippen MR) is 70.5 cm³/mol. The van der Waals surface area contributed by atoms with Crippen LogP contribution >= 0.6 is 0 Å². The third kappa shape index (κ3) is 2.66. The molecule has 4 heteroatoms. The molecule has 0 saturated heterocycles. The van der Waals surface area contributed by atoms with Crippen molar-refractivity contribution in [2.45, 2.75) is 6.92 Å². The van der Waals surface area contributed by atoms with Crippen LogP contribution in [-0.2, 0) is 0 Å². The second-order valence-electron chi connectivity index (χ2n) is 3.88. The van der Waals surface area contributed by atoms with E-state index in [0.29, 0.717) is 17.8 Å². The standard InChI is InChI=1S/C14H14N2O2/c1-2-15-14(18)11-5-3-4-10(8-11)13-9-12(17)6-7-16-13/h3-9H,2H2,1H3,(H,15,18)(H,16,17). The van der Waals surface area contributed by atoms with Crippen LogP contribution in [0.25, 0.3) is 11.3 Å². The lowest BCUT2D eigenvalue weighted by atomic mass is 10.1. The van der Waals surface area contributed by atoms with Crippen LogP contribution in [0.1, 0.15) is 17.3 Å². The molecule has 0 bridgehead atoms. The lowest BCUT2D eigenvalue weighted by Crippen LogP contribution is -2.22. The van der Waals surface area contributed by atoms with Gasteiger partial charge in [-0.05, 0) is 24.6 Å². The molecule has 2 N–H and O–H groups in total. The molecule has 0 atom stereocenters. The first-order chi connectivity index (χ1) is 8.70. The van der Waals surface area contributed by atoms with Gasteiger partial charge in [0.1, 0.15) is 0 Å². The molecule has 0 radical (unpaired) electrons. The van der Waals surface area contributed by atoms with E-state index in [0.717, 1.165) is 5.56 Å². The average Bonchev–Trinajstić information content (AvgIpc) is 2.39. The fourth-order valence-electron chi connectivity index (χ4n) is 1.70. The maximum atomic E-state index is 11.7. The molecule has 0 spiro atoms. The van der Waals surface area contributed by atoms with Gasteiger partial charge in [-0.2, -0.15) is 0 Å². The SMILES string of the molecule is CCNC(=O)c1cccc(-c2cc(=O)cc[nH]2)c1. The number of carbonyl (C=O) groups excluding carboxylic acids is 1. The zero-order valence-corrected chi connectivity index (χ0v) is 10.1. The molecule has 2 aromatic rings. The Hall–Kier alpha value is -2.36. The molecule has 0 aliphatic heterocycles. The smallest absolute Gasteiger partial charge is 0.251 e. The summed E-state index contributed by atoms with van der Waals surface area (Å²) in [7, 11) is 0. The van der Waals surface area contributed by atoms with Crippen LogP contribution in [0.5, 0.6) is 0 Å². The summed E-state index contributed by atoms with van der Waals surface area (Å²) in [5, 5.41) is 2.74. The minimum atomic E-state index is -0.113. The fraction of sp³-hybridized carbons (Fsp3) is 0.143. The van der Waals surface area contributed by atoms with Crippen LogP contribution in [0, 0.1) is 0 Å².